The summed E-state index contributed by atoms with van der Waals surface area (Å²) < 4.78 is 53.1. The fraction of sp³-hybridized carbons (Fsp3) is 0.483. The lowest BCUT2D eigenvalue weighted by Crippen LogP contribution is -2.40. The Balaban J connectivity index is 1.23. The highest BCUT2D eigenvalue weighted by Crippen LogP contribution is 2.42. The summed E-state index contributed by atoms with van der Waals surface area (Å²) in [6.45, 7) is 2.53. The van der Waals surface area contributed by atoms with E-state index in [1.807, 2.05) is 6.07 Å². The van der Waals surface area contributed by atoms with E-state index < -0.39 is 17.7 Å². The van der Waals surface area contributed by atoms with Crippen molar-refractivity contribution in [3.8, 4) is 11.5 Å². The van der Waals surface area contributed by atoms with Gasteiger partial charge in [-0.3, -0.25) is 9.69 Å². The summed E-state index contributed by atoms with van der Waals surface area (Å²) >= 11 is 0. The molecule has 0 amide bonds. The van der Waals surface area contributed by atoms with E-state index in [1.165, 1.54) is 6.07 Å². The van der Waals surface area contributed by atoms with Gasteiger partial charge in [-0.05, 0) is 79.1 Å². The van der Waals surface area contributed by atoms with Crippen LogP contribution in [0.25, 0.3) is 6.08 Å². The summed E-state index contributed by atoms with van der Waals surface area (Å²) in [4.78, 5) is 13.5. The number of halogens is 3. The third-order valence-corrected chi connectivity index (χ3v) is 7.66. The van der Waals surface area contributed by atoms with Crippen molar-refractivity contribution in [2.75, 3.05) is 26.2 Å². The number of ether oxygens (including phenoxy) is 2. The van der Waals surface area contributed by atoms with Gasteiger partial charge in [0.15, 0.2) is 0 Å². The topological polar surface area (TPSA) is 59.0 Å². The minimum absolute atomic E-state index is 0.0177. The molecule has 2 fully saturated rings. The van der Waals surface area contributed by atoms with E-state index >= 15 is 0 Å². The molecule has 3 aliphatic rings. The number of carboxylic acids is 1. The van der Waals surface area contributed by atoms with Crippen LogP contribution in [0.15, 0.2) is 42.0 Å². The zero-order chi connectivity index (χ0) is 26.0. The molecule has 0 unspecified atom stereocenters. The lowest BCUT2D eigenvalue weighted by molar-refractivity contribution is -0.143. The van der Waals surface area contributed by atoms with Gasteiger partial charge in [-0.25, -0.2) is 0 Å². The summed E-state index contributed by atoms with van der Waals surface area (Å²) in [5.74, 6) is 0.115. The van der Waals surface area contributed by atoms with Crippen LogP contribution in [0.2, 0.25) is 0 Å². The quantitative estimate of drug-likeness (QED) is 0.455. The molecule has 5 rings (SSSR count). The van der Waals surface area contributed by atoms with Crippen LogP contribution in [-0.2, 0) is 17.6 Å². The number of fused-ring (bicyclic) bond motifs is 1. The van der Waals surface area contributed by atoms with Crippen LogP contribution in [0.5, 0.6) is 11.5 Å². The van der Waals surface area contributed by atoms with Crippen LogP contribution in [0.3, 0.4) is 0 Å². The van der Waals surface area contributed by atoms with Crippen molar-refractivity contribution >= 4 is 12.0 Å². The third-order valence-electron chi connectivity index (χ3n) is 7.66. The van der Waals surface area contributed by atoms with Crippen LogP contribution in [-0.4, -0.2) is 42.2 Å². The Hall–Kier alpha value is -3.00. The number of carboxylic acid groups (broad SMARTS) is 1. The smallest absolute Gasteiger partial charge is 0.416 e. The van der Waals surface area contributed by atoms with Crippen molar-refractivity contribution in [3.63, 3.8) is 0 Å². The molecule has 0 radical (unpaired) electrons. The number of nitrogens with zero attached hydrogens (tertiary/aromatic N) is 1. The van der Waals surface area contributed by atoms with Gasteiger partial charge in [0.1, 0.15) is 24.7 Å². The number of likely N-dealkylation sites (tertiary alicyclic amines) is 1. The number of benzene rings is 2. The molecule has 8 heteroatoms. The summed E-state index contributed by atoms with van der Waals surface area (Å²) in [5.41, 5.74) is 2.32. The van der Waals surface area contributed by atoms with Gasteiger partial charge in [0.2, 0.25) is 0 Å². The molecule has 198 valence electrons. The summed E-state index contributed by atoms with van der Waals surface area (Å²) in [7, 11) is 0. The number of hydrogen-bond donors (Lipinski definition) is 1. The second kappa shape index (κ2) is 10.8. The molecule has 2 aromatic carbocycles. The molecule has 1 saturated carbocycles. The van der Waals surface area contributed by atoms with Gasteiger partial charge in [0.25, 0.3) is 0 Å². The number of hydrogen-bond acceptors (Lipinski definition) is 4. The van der Waals surface area contributed by atoms with Crippen molar-refractivity contribution in [1.82, 2.24) is 4.90 Å². The van der Waals surface area contributed by atoms with Gasteiger partial charge in [0.05, 0.1) is 11.5 Å². The average Bonchev–Trinajstić information content (AvgIpc) is 3.42. The molecule has 0 aromatic heterocycles. The number of alkyl halides is 3. The van der Waals surface area contributed by atoms with Crippen LogP contribution >= 0.6 is 0 Å². The van der Waals surface area contributed by atoms with Gasteiger partial charge < -0.3 is 14.6 Å². The van der Waals surface area contributed by atoms with Gasteiger partial charge in [-0.15, -0.1) is 0 Å². The minimum atomic E-state index is -4.39. The predicted molar refractivity (Wildman–Crippen MR) is 134 cm³/mol. The molecule has 37 heavy (non-hydrogen) atoms. The second-order valence-corrected chi connectivity index (χ2v) is 10.4. The molecule has 0 bridgehead atoms. The van der Waals surface area contributed by atoms with E-state index in [9.17, 15) is 23.1 Å². The SMILES string of the molecule is O=C(O)[C@@H]1CCCN(CC2=Cc3ccc(OCc4ccc(C5CCCC5)c(C(F)(F)F)c4)cc3OC2)C1. The molecule has 2 aromatic rings. The van der Waals surface area contributed by atoms with E-state index in [0.29, 0.717) is 42.3 Å². The van der Waals surface area contributed by atoms with Crippen LogP contribution < -0.4 is 9.47 Å². The fourth-order valence-corrected chi connectivity index (χ4v) is 5.76. The molecule has 1 aliphatic carbocycles. The Morgan fingerprint density at radius 2 is 1.89 bits per heavy atom. The number of carbonyl (C=O) groups is 1. The molecule has 2 aliphatic heterocycles. The zero-order valence-electron chi connectivity index (χ0n) is 20.7. The van der Waals surface area contributed by atoms with Crippen molar-refractivity contribution < 1.29 is 32.5 Å². The van der Waals surface area contributed by atoms with E-state index in [2.05, 4.69) is 11.0 Å². The first-order valence-electron chi connectivity index (χ1n) is 13.0. The maximum Gasteiger partial charge on any atom is 0.416 e. The van der Waals surface area contributed by atoms with E-state index in [0.717, 1.165) is 56.2 Å². The molecule has 2 heterocycles. The standard InChI is InChI=1S/C29H32F3NO4/c30-29(31,32)26-13-19(7-10-25(26)21-4-1-2-5-21)17-36-24-9-8-22-12-20(18-37-27(22)14-24)15-33-11-3-6-23(16-33)28(34)35/h7-10,12-14,21,23H,1-6,11,15-18H2,(H,34,35)/t23-/m1/s1. The van der Waals surface area contributed by atoms with Gasteiger partial charge >= 0.3 is 12.1 Å². The number of aliphatic carboxylic acids is 1. The number of rotatable bonds is 7. The summed E-state index contributed by atoms with van der Waals surface area (Å²) in [6.07, 6.45) is 2.84. The maximum absolute atomic E-state index is 13.8. The Morgan fingerprint density at radius 1 is 1.08 bits per heavy atom. The van der Waals surface area contributed by atoms with Gasteiger partial charge in [0, 0.05) is 24.7 Å². The Morgan fingerprint density at radius 3 is 2.65 bits per heavy atom. The average molecular weight is 516 g/mol. The third kappa shape index (κ3) is 6.12. The first-order valence-corrected chi connectivity index (χ1v) is 13.0. The molecule has 1 N–H and O–H groups in total. The lowest BCUT2D eigenvalue weighted by atomic mass is 9.91. The molecule has 5 nitrogen and oxygen atoms in total. The van der Waals surface area contributed by atoms with Gasteiger partial charge in [-0.1, -0.05) is 25.0 Å². The highest BCUT2D eigenvalue weighted by atomic mass is 19.4. The fourth-order valence-electron chi connectivity index (χ4n) is 5.76. The first-order chi connectivity index (χ1) is 17.8. The summed E-state index contributed by atoms with van der Waals surface area (Å²) in [5, 5.41) is 9.31. The molecular formula is C29H32F3NO4. The minimum Gasteiger partial charge on any atom is -0.489 e. The zero-order valence-corrected chi connectivity index (χ0v) is 20.7. The van der Waals surface area contributed by atoms with Crippen LogP contribution in [0, 0.1) is 5.92 Å². The monoisotopic (exact) mass is 515 g/mol. The van der Waals surface area contributed by atoms with Crippen LogP contribution in [0.1, 0.15) is 66.7 Å². The highest BCUT2D eigenvalue weighted by Gasteiger charge is 2.36. The normalized spacial score (nSPS) is 20.7. The highest BCUT2D eigenvalue weighted by molar-refractivity contribution is 5.70. The van der Waals surface area contributed by atoms with E-state index in [-0.39, 0.29) is 18.4 Å². The molecular weight excluding hydrogens is 483 g/mol. The second-order valence-electron chi connectivity index (χ2n) is 10.4. The Labute approximate surface area is 214 Å². The maximum atomic E-state index is 13.8. The van der Waals surface area contributed by atoms with E-state index in [1.54, 1.807) is 24.3 Å². The van der Waals surface area contributed by atoms with Gasteiger partial charge in [-0.2, -0.15) is 13.2 Å². The van der Waals surface area contributed by atoms with Crippen molar-refractivity contribution in [1.29, 1.82) is 0 Å². The largest absolute Gasteiger partial charge is 0.489 e. The summed E-state index contributed by atoms with van der Waals surface area (Å²) in [6, 6.07) is 10.0. The Kier molecular flexibility index (Phi) is 7.47. The first kappa shape index (κ1) is 25.6. The molecule has 0 spiro atoms. The molecule has 1 saturated heterocycles. The Bertz CT molecular complexity index is 1170. The van der Waals surface area contributed by atoms with Crippen molar-refractivity contribution in [3.05, 3.63) is 64.2 Å². The molecule has 1 atom stereocenters. The lowest BCUT2D eigenvalue weighted by Gasteiger charge is -2.32. The van der Waals surface area contributed by atoms with E-state index in [4.69, 9.17) is 9.47 Å². The predicted octanol–water partition coefficient (Wildman–Crippen LogP) is 6.51. The van der Waals surface area contributed by atoms with Crippen LogP contribution in [0.4, 0.5) is 13.2 Å². The van der Waals surface area contributed by atoms with Crippen molar-refractivity contribution in [2.45, 2.75) is 57.2 Å². The number of piperidine rings is 1. The van der Waals surface area contributed by atoms with Crippen molar-refractivity contribution in [2.24, 2.45) is 5.92 Å².